The summed E-state index contributed by atoms with van der Waals surface area (Å²) in [5, 5.41) is 4.87. The van der Waals surface area contributed by atoms with Gasteiger partial charge in [0.25, 0.3) is 0 Å². The van der Waals surface area contributed by atoms with Crippen LogP contribution in [0.25, 0.3) is 111 Å². The Hall–Kier alpha value is -8.41. The number of aromatic nitrogens is 5. The van der Waals surface area contributed by atoms with E-state index in [1.165, 1.54) is 43.7 Å². The van der Waals surface area contributed by atoms with Gasteiger partial charge < -0.3 is 9.13 Å². The fourth-order valence-corrected chi connectivity index (χ4v) is 9.11. The summed E-state index contributed by atoms with van der Waals surface area (Å²) in [5.74, 6) is 1.88. The van der Waals surface area contributed by atoms with Crippen LogP contribution in [0.5, 0.6) is 0 Å². The fraction of sp³-hybridized carbons (Fsp3) is 0. The minimum absolute atomic E-state index is 0.616. The summed E-state index contributed by atoms with van der Waals surface area (Å²) in [6.07, 6.45) is 0. The normalized spacial score (nSPS) is 11.5. The van der Waals surface area contributed by atoms with Crippen molar-refractivity contribution in [3.63, 3.8) is 0 Å². The lowest BCUT2D eigenvalue weighted by Gasteiger charge is -2.12. The molecular formula is C57H37N5. The summed E-state index contributed by atoms with van der Waals surface area (Å²) in [6, 6.07) is 79.3. The molecule has 0 saturated heterocycles. The molecule has 0 atom stereocenters. The first-order valence-corrected chi connectivity index (χ1v) is 20.9. The highest BCUT2D eigenvalue weighted by molar-refractivity contribution is 6.17. The molecule has 0 spiro atoms. The van der Waals surface area contributed by atoms with Gasteiger partial charge in [0, 0.05) is 49.6 Å². The molecule has 9 aromatic carbocycles. The van der Waals surface area contributed by atoms with E-state index in [2.05, 4.69) is 197 Å². The molecule has 0 aliphatic heterocycles. The van der Waals surface area contributed by atoms with Crippen LogP contribution in [0.15, 0.2) is 224 Å². The van der Waals surface area contributed by atoms with Crippen LogP contribution in [-0.4, -0.2) is 24.1 Å². The van der Waals surface area contributed by atoms with Crippen LogP contribution in [0.4, 0.5) is 0 Å². The van der Waals surface area contributed by atoms with E-state index in [4.69, 9.17) is 15.0 Å². The molecule has 0 radical (unpaired) electrons. The summed E-state index contributed by atoms with van der Waals surface area (Å²) in [4.78, 5) is 15.3. The quantitative estimate of drug-likeness (QED) is 0.162. The van der Waals surface area contributed by atoms with Gasteiger partial charge in [-0.15, -0.1) is 0 Å². The van der Waals surface area contributed by atoms with Crippen molar-refractivity contribution in [2.75, 3.05) is 0 Å². The Kier molecular flexibility index (Phi) is 8.42. The molecular weight excluding hydrogens is 755 g/mol. The van der Waals surface area contributed by atoms with Crippen molar-refractivity contribution in [3.05, 3.63) is 224 Å². The van der Waals surface area contributed by atoms with Crippen LogP contribution in [0.1, 0.15) is 0 Å². The highest BCUT2D eigenvalue weighted by Gasteiger charge is 2.19. The average molecular weight is 792 g/mol. The van der Waals surface area contributed by atoms with Crippen molar-refractivity contribution in [2.45, 2.75) is 0 Å². The smallest absolute Gasteiger partial charge is 0.164 e. The second-order valence-electron chi connectivity index (χ2n) is 15.6. The van der Waals surface area contributed by atoms with Gasteiger partial charge in [0.05, 0.1) is 22.1 Å². The number of benzene rings is 9. The number of rotatable bonds is 7. The van der Waals surface area contributed by atoms with Gasteiger partial charge in [-0.2, -0.15) is 0 Å². The highest BCUT2D eigenvalue weighted by atomic mass is 15.0. The van der Waals surface area contributed by atoms with E-state index in [9.17, 15) is 0 Å². The van der Waals surface area contributed by atoms with Crippen molar-refractivity contribution < 1.29 is 0 Å². The molecule has 0 aliphatic carbocycles. The van der Waals surface area contributed by atoms with Crippen molar-refractivity contribution in [2.24, 2.45) is 0 Å². The molecule has 0 bridgehead atoms. The number of para-hydroxylation sites is 3. The number of fused-ring (bicyclic) bond motifs is 6. The lowest BCUT2D eigenvalue weighted by molar-refractivity contribution is 1.07. The maximum Gasteiger partial charge on any atom is 0.164 e. The maximum atomic E-state index is 5.15. The second-order valence-corrected chi connectivity index (χ2v) is 15.6. The number of hydrogen-bond donors (Lipinski definition) is 0. The molecule has 0 saturated carbocycles. The summed E-state index contributed by atoms with van der Waals surface area (Å²) >= 11 is 0. The van der Waals surface area contributed by atoms with Gasteiger partial charge in [0.2, 0.25) is 0 Å². The number of hydrogen-bond acceptors (Lipinski definition) is 3. The third-order valence-corrected chi connectivity index (χ3v) is 12.0. The molecule has 0 unspecified atom stereocenters. The van der Waals surface area contributed by atoms with E-state index in [0.29, 0.717) is 17.5 Å². The average Bonchev–Trinajstić information content (AvgIpc) is 3.87. The van der Waals surface area contributed by atoms with Gasteiger partial charge in [-0.3, -0.25) is 0 Å². The van der Waals surface area contributed by atoms with E-state index >= 15 is 0 Å². The van der Waals surface area contributed by atoms with Crippen LogP contribution in [0, 0.1) is 0 Å². The van der Waals surface area contributed by atoms with Gasteiger partial charge >= 0.3 is 0 Å². The molecule has 0 fully saturated rings. The first-order valence-electron chi connectivity index (χ1n) is 20.9. The molecule has 0 amide bonds. The molecule has 12 aromatic rings. The Bertz CT molecular complexity index is 3610. The Morgan fingerprint density at radius 1 is 0.258 bits per heavy atom. The third-order valence-electron chi connectivity index (χ3n) is 12.0. The lowest BCUT2D eigenvalue weighted by atomic mass is 9.98. The number of nitrogens with zero attached hydrogens (tertiary/aromatic N) is 5. The van der Waals surface area contributed by atoms with Crippen LogP contribution in [0.2, 0.25) is 0 Å². The van der Waals surface area contributed by atoms with E-state index < -0.39 is 0 Å². The first-order chi connectivity index (χ1) is 30.7. The predicted molar refractivity (Wildman–Crippen MR) is 256 cm³/mol. The van der Waals surface area contributed by atoms with Crippen molar-refractivity contribution in [3.8, 4) is 67.8 Å². The van der Waals surface area contributed by atoms with Gasteiger partial charge in [0.1, 0.15) is 0 Å². The molecule has 3 heterocycles. The predicted octanol–water partition coefficient (Wildman–Crippen LogP) is 14.4. The van der Waals surface area contributed by atoms with Gasteiger partial charge in [-0.05, 0) is 70.8 Å². The van der Waals surface area contributed by atoms with E-state index in [1.807, 2.05) is 36.4 Å². The summed E-state index contributed by atoms with van der Waals surface area (Å²) < 4.78 is 4.76. The SMILES string of the molecule is c1ccc(-c2ccc(-c3nc(-c4ccccc4)nc(-c4cccc(-n5c6ccccc6c6ccc(-c7cccc8c7c7ccccc7n8-c7ccccc7)cc65)c4)n3)cc2)cc1. The van der Waals surface area contributed by atoms with Gasteiger partial charge in [-0.25, -0.2) is 15.0 Å². The summed E-state index contributed by atoms with van der Waals surface area (Å²) in [6.45, 7) is 0. The van der Waals surface area contributed by atoms with Gasteiger partial charge in [-0.1, -0.05) is 176 Å². The van der Waals surface area contributed by atoms with Crippen molar-refractivity contribution >= 4 is 43.6 Å². The van der Waals surface area contributed by atoms with Crippen LogP contribution in [0.3, 0.4) is 0 Å². The monoisotopic (exact) mass is 791 g/mol. The van der Waals surface area contributed by atoms with E-state index in [0.717, 1.165) is 50.2 Å². The van der Waals surface area contributed by atoms with Gasteiger partial charge in [0.15, 0.2) is 17.5 Å². The molecule has 3 aromatic heterocycles. The second kappa shape index (κ2) is 14.7. The Morgan fingerprint density at radius 2 is 0.710 bits per heavy atom. The zero-order chi connectivity index (χ0) is 41.0. The minimum Gasteiger partial charge on any atom is -0.309 e. The van der Waals surface area contributed by atoms with E-state index in [-0.39, 0.29) is 0 Å². The Balaban J connectivity index is 1.02. The lowest BCUT2D eigenvalue weighted by Crippen LogP contribution is -2.01. The largest absolute Gasteiger partial charge is 0.309 e. The zero-order valence-corrected chi connectivity index (χ0v) is 33.6. The van der Waals surface area contributed by atoms with Crippen molar-refractivity contribution in [1.29, 1.82) is 0 Å². The summed E-state index contributed by atoms with van der Waals surface area (Å²) in [5.41, 5.74) is 14.3. The van der Waals surface area contributed by atoms with E-state index in [1.54, 1.807) is 0 Å². The van der Waals surface area contributed by atoms with Crippen molar-refractivity contribution in [1.82, 2.24) is 24.1 Å². The molecule has 5 nitrogen and oxygen atoms in total. The molecule has 62 heavy (non-hydrogen) atoms. The van der Waals surface area contributed by atoms with Crippen LogP contribution in [-0.2, 0) is 0 Å². The van der Waals surface area contributed by atoms with Crippen LogP contribution < -0.4 is 0 Å². The maximum absolute atomic E-state index is 5.15. The topological polar surface area (TPSA) is 48.5 Å². The first kappa shape index (κ1) is 35.5. The molecule has 290 valence electrons. The Morgan fingerprint density at radius 3 is 1.44 bits per heavy atom. The summed E-state index contributed by atoms with van der Waals surface area (Å²) in [7, 11) is 0. The third kappa shape index (κ3) is 5.98. The highest BCUT2D eigenvalue weighted by Crippen LogP contribution is 2.41. The minimum atomic E-state index is 0.616. The van der Waals surface area contributed by atoms with Crippen LogP contribution >= 0.6 is 0 Å². The Labute approximate surface area is 358 Å². The fourth-order valence-electron chi connectivity index (χ4n) is 9.11. The molecule has 5 heteroatoms. The molecule has 0 N–H and O–H groups in total. The molecule has 12 rings (SSSR count). The standard InChI is InChI=1S/C57H37N5/c1-4-16-38(17-5-1)39-30-32-41(33-31-39)56-58-55(40-18-6-2-7-19-40)59-57(60-56)43-20-14-23-45(36-43)62-50-27-12-10-24-47(50)48-35-34-42(37-53(48)62)46-26-15-29-52-54(46)49-25-11-13-28-51(49)61(52)44-21-8-3-9-22-44/h1-37H. The molecule has 0 aliphatic rings. The zero-order valence-electron chi connectivity index (χ0n) is 33.6.